The van der Waals surface area contributed by atoms with E-state index >= 15 is 0 Å². The zero-order valence-electron chi connectivity index (χ0n) is 16.0. The molecule has 3 rings (SSSR count). The van der Waals surface area contributed by atoms with Crippen LogP contribution >= 0.6 is 0 Å². The summed E-state index contributed by atoms with van der Waals surface area (Å²) in [6.45, 7) is 4.83. The van der Waals surface area contributed by atoms with Gasteiger partial charge in [-0.1, -0.05) is 0 Å². The Kier molecular flexibility index (Phi) is 6.29. The van der Waals surface area contributed by atoms with Crippen LogP contribution in [0.25, 0.3) is 4.85 Å². The van der Waals surface area contributed by atoms with E-state index in [0.717, 1.165) is 28.6 Å². The standard InChI is InChI=1S/C18H15F4N3O6S/c1-23-14-4-2-11(6-13(14)19)30-15-8-25(9-17(15,27)10-26)32(28,29)16-5-3-12(7-24-16)31-18(20,21)22/h2-7,15,26-27H,8-10H2/t15-,17+/m0/s1. The lowest BCUT2D eigenvalue weighted by atomic mass is 10.0. The monoisotopic (exact) mass is 477 g/mol. The second-order valence-electron chi connectivity index (χ2n) is 6.77. The highest BCUT2D eigenvalue weighted by molar-refractivity contribution is 7.89. The van der Waals surface area contributed by atoms with Crippen LogP contribution in [0.15, 0.2) is 41.6 Å². The number of pyridine rings is 1. The number of benzene rings is 1. The molecule has 1 saturated heterocycles. The van der Waals surface area contributed by atoms with E-state index in [1.807, 2.05) is 0 Å². The van der Waals surface area contributed by atoms with E-state index in [2.05, 4.69) is 14.6 Å². The van der Waals surface area contributed by atoms with Gasteiger partial charge < -0.3 is 19.7 Å². The highest BCUT2D eigenvalue weighted by Gasteiger charge is 2.51. The molecule has 0 spiro atoms. The van der Waals surface area contributed by atoms with Crippen LogP contribution in [0, 0.1) is 12.4 Å². The first kappa shape index (κ1) is 23.7. The minimum absolute atomic E-state index is 0.113. The zero-order chi connectivity index (χ0) is 23.7. The van der Waals surface area contributed by atoms with E-state index in [4.69, 9.17) is 11.3 Å². The molecule has 0 amide bonds. The van der Waals surface area contributed by atoms with Gasteiger partial charge >= 0.3 is 6.36 Å². The first-order valence-electron chi connectivity index (χ1n) is 8.77. The fourth-order valence-electron chi connectivity index (χ4n) is 2.97. The highest BCUT2D eigenvalue weighted by atomic mass is 32.2. The molecule has 9 nitrogen and oxygen atoms in total. The fraction of sp³-hybridized carbons (Fsp3) is 0.333. The van der Waals surface area contributed by atoms with Gasteiger partial charge in [0.1, 0.15) is 29.0 Å². The van der Waals surface area contributed by atoms with Crippen LogP contribution in [0.2, 0.25) is 0 Å². The second kappa shape index (κ2) is 8.51. The largest absolute Gasteiger partial charge is 0.573 e. The Morgan fingerprint density at radius 1 is 1.28 bits per heavy atom. The van der Waals surface area contributed by atoms with Gasteiger partial charge in [-0.3, -0.25) is 0 Å². The number of halogens is 4. The van der Waals surface area contributed by atoms with Crippen molar-refractivity contribution in [2.24, 2.45) is 0 Å². The van der Waals surface area contributed by atoms with E-state index < -0.39 is 64.4 Å². The molecule has 1 aliphatic heterocycles. The van der Waals surface area contributed by atoms with Crippen LogP contribution in [0.5, 0.6) is 11.5 Å². The molecular formula is C18H15F4N3O6S. The van der Waals surface area contributed by atoms with Gasteiger partial charge in [0.05, 0.1) is 25.9 Å². The molecule has 1 aromatic heterocycles. The van der Waals surface area contributed by atoms with Crippen molar-refractivity contribution in [2.75, 3.05) is 19.7 Å². The molecule has 14 heteroatoms. The summed E-state index contributed by atoms with van der Waals surface area (Å²) in [4.78, 5) is 6.43. The van der Waals surface area contributed by atoms with Crippen molar-refractivity contribution >= 4 is 15.7 Å². The number of aliphatic hydroxyl groups is 2. The third-order valence-electron chi connectivity index (χ3n) is 4.56. The summed E-state index contributed by atoms with van der Waals surface area (Å²) >= 11 is 0. The number of ether oxygens (including phenoxy) is 2. The molecule has 1 aromatic carbocycles. The van der Waals surface area contributed by atoms with Gasteiger partial charge in [-0.15, -0.1) is 13.2 Å². The molecule has 2 atom stereocenters. The van der Waals surface area contributed by atoms with Gasteiger partial charge in [0, 0.05) is 12.6 Å². The molecule has 1 aliphatic rings. The number of nitrogens with zero attached hydrogens (tertiary/aromatic N) is 3. The van der Waals surface area contributed by atoms with Crippen LogP contribution in [-0.2, 0) is 10.0 Å². The molecule has 0 radical (unpaired) electrons. The molecule has 0 aliphatic carbocycles. The minimum atomic E-state index is -4.98. The van der Waals surface area contributed by atoms with E-state index in [1.165, 1.54) is 6.07 Å². The molecule has 0 unspecified atom stereocenters. The molecule has 2 N–H and O–H groups in total. The van der Waals surface area contributed by atoms with Gasteiger partial charge in [-0.2, -0.15) is 4.31 Å². The topological polar surface area (TPSA) is 114 Å². The van der Waals surface area contributed by atoms with Crippen LogP contribution < -0.4 is 9.47 Å². The van der Waals surface area contributed by atoms with Crippen molar-refractivity contribution in [2.45, 2.75) is 23.1 Å². The number of hydrogen-bond donors (Lipinski definition) is 2. The van der Waals surface area contributed by atoms with Gasteiger partial charge in [0.15, 0.2) is 5.03 Å². The molecule has 1 fully saturated rings. The zero-order valence-corrected chi connectivity index (χ0v) is 16.8. The lowest BCUT2D eigenvalue weighted by Gasteiger charge is -2.27. The van der Waals surface area contributed by atoms with Crippen molar-refractivity contribution in [3.05, 3.63) is 53.8 Å². The Balaban J connectivity index is 1.81. The van der Waals surface area contributed by atoms with Gasteiger partial charge in [0.25, 0.3) is 10.0 Å². The lowest BCUT2D eigenvalue weighted by Crippen LogP contribution is -2.48. The molecule has 0 bridgehead atoms. The number of rotatable bonds is 6. The van der Waals surface area contributed by atoms with E-state index in [9.17, 15) is 36.2 Å². The summed E-state index contributed by atoms with van der Waals surface area (Å²) < 4.78 is 86.1. The quantitative estimate of drug-likeness (QED) is 0.482. The SMILES string of the molecule is [C-]#[N+]c1ccc(O[C@H]2CN(S(=O)(=O)c3ccc(OC(F)(F)F)cn3)C[C@@]2(O)CO)cc1F. The van der Waals surface area contributed by atoms with E-state index in [-0.39, 0.29) is 11.4 Å². The number of aliphatic hydroxyl groups excluding tert-OH is 1. The van der Waals surface area contributed by atoms with Gasteiger partial charge in [0.2, 0.25) is 5.69 Å². The molecule has 0 saturated carbocycles. The van der Waals surface area contributed by atoms with Crippen LogP contribution in [-0.4, -0.2) is 65.7 Å². The Bertz CT molecular complexity index is 1140. The summed E-state index contributed by atoms with van der Waals surface area (Å²) in [6, 6.07) is 4.81. The molecule has 2 aromatic rings. The Labute approximate surface area is 179 Å². The van der Waals surface area contributed by atoms with Gasteiger partial charge in [-0.05, 0) is 24.3 Å². The van der Waals surface area contributed by atoms with Crippen LogP contribution in [0.1, 0.15) is 0 Å². The van der Waals surface area contributed by atoms with E-state index in [1.54, 1.807) is 0 Å². The third kappa shape index (κ3) is 4.91. The minimum Gasteiger partial charge on any atom is -0.486 e. The summed E-state index contributed by atoms with van der Waals surface area (Å²) in [5.41, 5.74) is -2.34. The van der Waals surface area contributed by atoms with Crippen molar-refractivity contribution in [3.8, 4) is 11.5 Å². The molecule has 172 valence electrons. The predicted octanol–water partition coefficient (Wildman–Crippen LogP) is 1.85. The Morgan fingerprint density at radius 3 is 2.50 bits per heavy atom. The summed E-state index contributed by atoms with van der Waals surface area (Å²) in [5.74, 6) is -1.73. The van der Waals surface area contributed by atoms with Crippen molar-refractivity contribution < 1.29 is 45.7 Å². The Hall–Kier alpha value is -2.99. The first-order valence-corrected chi connectivity index (χ1v) is 10.2. The second-order valence-corrected chi connectivity index (χ2v) is 8.66. The number of β-amino-alcohol motifs (C(OH)–C–C–N with tert-alkyl or cyclic N) is 1. The average molecular weight is 477 g/mol. The van der Waals surface area contributed by atoms with Gasteiger partial charge in [-0.25, -0.2) is 22.6 Å². The average Bonchev–Trinajstić information content (AvgIpc) is 3.05. The van der Waals surface area contributed by atoms with Crippen LogP contribution in [0.3, 0.4) is 0 Å². The normalized spacial score (nSPS) is 21.8. The maximum Gasteiger partial charge on any atom is 0.573 e. The van der Waals surface area contributed by atoms with Crippen molar-refractivity contribution in [1.29, 1.82) is 0 Å². The number of alkyl halides is 3. The molecular weight excluding hydrogens is 462 g/mol. The fourth-order valence-corrected chi connectivity index (χ4v) is 4.39. The third-order valence-corrected chi connectivity index (χ3v) is 6.29. The number of hydrogen-bond acceptors (Lipinski definition) is 7. The molecule has 32 heavy (non-hydrogen) atoms. The van der Waals surface area contributed by atoms with Crippen molar-refractivity contribution in [1.82, 2.24) is 9.29 Å². The Morgan fingerprint density at radius 2 is 1.97 bits per heavy atom. The molecule has 2 heterocycles. The lowest BCUT2D eigenvalue weighted by molar-refractivity contribution is -0.274. The smallest absolute Gasteiger partial charge is 0.486 e. The summed E-state index contributed by atoms with van der Waals surface area (Å²) in [5, 5.41) is 19.6. The highest BCUT2D eigenvalue weighted by Crippen LogP contribution is 2.32. The maximum absolute atomic E-state index is 13.8. The summed E-state index contributed by atoms with van der Waals surface area (Å²) in [6.07, 6.45) is -5.73. The predicted molar refractivity (Wildman–Crippen MR) is 98.8 cm³/mol. The number of sulfonamides is 1. The van der Waals surface area contributed by atoms with Crippen LogP contribution in [0.4, 0.5) is 23.2 Å². The summed E-state index contributed by atoms with van der Waals surface area (Å²) in [7, 11) is -4.40. The van der Waals surface area contributed by atoms with Crippen molar-refractivity contribution in [3.63, 3.8) is 0 Å². The number of aromatic nitrogens is 1. The first-order chi connectivity index (χ1) is 14.9. The maximum atomic E-state index is 13.8. The van der Waals surface area contributed by atoms with E-state index in [0.29, 0.717) is 6.20 Å².